The summed E-state index contributed by atoms with van der Waals surface area (Å²) >= 11 is 0. The first-order valence-corrected chi connectivity index (χ1v) is 10.6. The van der Waals surface area contributed by atoms with Gasteiger partial charge >= 0.3 is 0 Å². The first-order chi connectivity index (χ1) is 12.2. The largest absolute Gasteiger partial charge is 0.409 e. The zero-order valence-corrected chi connectivity index (χ0v) is 19.7. The minimum absolute atomic E-state index is 0.0867. The third kappa shape index (κ3) is 4.24. The van der Waals surface area contributed by atoms with Crippen LogP contribution in [0.5, 0.6) is 0 Å². The third-order valence-electron chi connectivity index (χ3n) is 6.76. The number of carbonyl (C=O) groups excluding carboxylic acids is 1. The van der Waals surface area contributed by atoms with Crippen molar-refractivity contribution in [1.29, 1.82) is 0 Å². The maximum Gasteiger partial charge on any atom is 0.247 e. The van der Waals surface area contributed by atoms with Gasteiger partial charge < -0.3 is 4.43 Å². The topological polar surface area (TPSA) is 26.3 Å². The van der Waals surface area contributed by atoms with Crippen LogP contribution in [0.1, 0.15) is 109 Å². The van der Waals surface area contributed by atoms with Crippen molar-refractivity contribution in [2.45, 2.75) is 98.0 Å². The highest BCUT2D eigenvalue weighted by Gasteiger charge is 2.42. The van der Waals surface area contributed by atoms with Crippen molar-refractivity contribution in [3.63, 3.8) is 0 Å². The molecular weight excluding hydrogens is 348 g/mol. The van der Waals surface area contributed by atoms with Crippen LogP contribution in [0.25, 0.3) is 0 Å². The molecule has 0 saturated heterocycles. The van der Waals surface area contributed by atoms with Gasteiger partial charge in [0, 0.05) is 5.56 Å². The van der Waals surface area contributed by atoms with Gasteiger partial charge in [0.1, 0.15) is 6.29 Å². The van der Waals surface area contributed by atoms with Crippen LogP contribution in [0, 0.1) is 11.3 Å². The lowest BCUT2D eigenvalue weighted by Crippen LogP contribution is -2.39. The number of hydrogen-bond donors (Lipinski definition) is 0. The zero-order chi connectivity index (χ0) is 20.8. The van der Waals surface area contributed by atoms with Crippen LogP contribution in [0.4, 0.5) is 0 Å². The van der Waals surface area contributed by atoms with Gasteiger partial charge in [0.25, 0.3) is 0 Å². The van der Waals surface area contributed by atoms with Gasteiger partial charge in [-0.15, -0.1) is 0 Å². The van der Waals surface area contributed by atoms with E-state index >= 15 is 0 Å². The van der Waals surface area contributed by atoms with Crippen molar-refractivity contribution in [3.8, 4) is 0 Å². The standard InChI is InChI=1S/C24H37O2Si/c1-16(14-21(2,3)4)24(9,26-27)18-13-20-19(12-17(18)15-25)22(5,6)10-11-23(20,7)8/h12-13,15-16H,10-11,14H2,1-9H3. The van der Waals surface area contributed by atoms with Crippen LogP contribution < -0.4 is 0 Å². The Hall–Kier alpha value is -0.933. The van der Waals surface area contributed by atoms with Crippen LogP contribution in [0.3, 0.4) is 0 Å². The fourth-order valence-corrected chi connectivity index (χ4v) is 5.00. The lowest BCUT2D eigenvalue weighted by molar-refractivity contribution is 0.0181. The van der Waals surface area contributed by atoms with Gasteiger partial charge in [0.2, 0.25) is 10.5 Å². The van der Waals surface area contributed by atoms with E-state index in [0.717, 1.165) is 36.7 Å². The number of rotatable bonds is 5. The van der Waals surface area contributed by atoms with E-state index in [4.69, 9.17) is 4.43 Å². The molecule has 0 amide bonds. The SMILES string of the molecule is CC(CC(C)(C)C)C(C)(O[Si])c1cc2c(cc1C=O)C(C)(C)CCC2(C)C. The maximum absolute atomic E-state index is 12.1. The first kappa shape index (κ1) is 22.4. The molecule has 1 aromatic carbocycles. The van der Waals surface area contributed by atoms with E-state index in [0.29, 0.717) is 0 Å². The van der Waals surface area contributed by atoms with Gasteiger partial charge in [-0.1, -0.05) is 61.5 Å². The Balaban J connectivity index is 2.71. The Labute approximate surface area is 170 Å². The summed E-state index contributed by atoms with van der Waals surface area (Å²) in [7, 11) is 3.37. The van der Waals surface area contributed by atoms with E-state index in [-0.39, 0.29) is 22.2 Å². The molecule has 1 aromatic rings. The van der Waals surface area contributed by atoms with E-state index < -0.39 is 5.60 Å². The quantitative estimate of drug-likeness (QED) is 0.443. The van der Waals surface area contributed by atoms with Crippen molar-refractivity contribution in [2.24, 2.45) is 11.3 Å². The second-order valence-electron chi connectivity index (χ2n) is 11.2. The Morgan fingerprint density at radius 3 is 1.96 bits per heavy atom. The normalized spacial score (nSPS) is 21.9. The summed E-state index contributed by atoms with van der Waals surface area (Å²) in [6.45, 7) is 20.3. The maximum atomic E-state index is 12.1. The number of aldehydes is 1. The lowest BCUT2D eigenvalue weighted by Gasteiger charge is -2.45. The number of carbonyl (C=O) groups is 1. The highest BCUT2D eigenvalue weighted by Crippen LogP contribution is 2.49. The summed E-state index contributed by atoms with van der Waals surface area (Å²) in [5.74, 6) is 0.242. The molecule has 3 heteroatoms. The summed E-state index contributed by atoms with van der Waals surface area (Å²) in [5.41, 5.74) is 4.20. The van der Waals surface area contributed by atoms with Crippen molar-refractivity contribution in [1.82, 2.24) is 0 Å². The van der Waals surface area contributed by atoms with E-state index in [1.165, 1.54) is 11.1 Å². The van der Waals surface area contributed by atoms with Crippen molar-refractivity contribution in [2.75, 3.05) is 0 Å². The van der Waals surface area contributed by atoms with Crippen LogP contribution in [-0.4, -0.2) is 16.8 Å². The predicted octanol–water partition coefficient (Wildman–Crippen LogP) is 6.24. The molecule has 1 aliphatic rings. The van der Waals surface area contributed by atoms with Crippen molar-refractivity contribution in [3.05, 3.63) is 34.4 Å². The molecule has 0 N–H and O–H groups in total. The Morgan fingerprint density at radius 2 is 1.56 bits per heavy atom. The van der Waals surface area contributed by atoms with Crippen LogP contribution in [-0.2, 0) is 20.9 Å². The fourth-order valence-electron chi connectivity index (χ4n) is 4.69. The summed E-state index contributed by atoms with van der Waals surface area (Å²) in [6, 6.07) is 4.39. The second-order valence-corrected chi connectivity index (χ2v) is 11.4. The lowest BCUT2D eigenvalue weighted by atomic mass is 9.61. The Bertz CT molecular complexity index is 712. The molecular formula is C24H37O2Si. The first-order valence-electron chi connectivity index (χ1n) is 10.2. The van der Waals surface area contributed by atoms with E-state index in [9.17, 15) is 4.79 Å². The average Bonchev–Trinajstić information content (AvgIpc) is 2.55. The molecule has 0 aromatic heterocycles. The van der Waals surface area contributed by atoms with Crippen LogP contribution in [0.2, 0.25) is 0 Å². The van der Waals surface area contributed by atoms with E-state index in [1.807, 2.05) is 0 Å². The van der Waals surface area contributed by atoms with Gasteiger partial charge in [-0.3, -0.25) is 4.79 Å². The minimum Gasteiger partial charge on any atom is -0.409 e. The molecule has 0 aliphatic heterocycles. The number of fused-ring (bicyclic) bond motifs is 1. The van der Waals surface area contributed by atoms with Crippen LogP contribution in [0.15, 0.2) is 12.1 Å². The van der Waals surface area contributed by atoms with Gasteiger partial charge in [0.05, 0.1) is 5.60 Å². The summed E-state index contributed by atoms with van der Waals surface area (Å²) in [4.78, 5) is 12.1. The second kappa shape index (κ2) is 7.15. The number of benzene rings is 1. The molecule has 0 spiro atoms. The van der Waals surface area contributed by atoms with Crippen molar-refractivity contribution < 1.29 is 9.22 Å². The summed E-state index contributed by atoms with van der Waals surface area (Å²) in [5, 5.41) is 0. The average molecular weight is 386 g/mol. The summed E-state index contributed by atoms with van der Waals surface area (Å²) < 4.78 is 5.93. The Kier molecular flexibility index (Phi) is 5.92. The molecule has 3 radical (unpaired) electrons. The molecule has 2 rings (SSSR count). The molecule has 0 saturated carbocycles. The van der Waals surface area contributed by atoms with E-state index in [1.54, 1.807) is 0 Å². The highest BCUT2D eigenvalue weighted by atomic mass is 28.2. The van der Waals surface area contributed by atoms with E-state index in [2.05, 4.69) is 84.9 Å². The molecule has 0 fully saturated rings. The third-order valence-corrected chi connectivity index (χ3v) is 7.18. The molecule has 27 heavy (non-hydrogen) atoms. The minimum atomic E-state index is -0.576. The van der Waals surface area contributed by atoms with Crippen molar-refractivity contribution >= 4 is 16.8 Å². The molecule has 0 heterocycles. The smallest absolute Gasteiger partial charge is 0.247 e. The molecule has 2 nitrogen and oxygen atoms in total. The molecule has 2 unspecified atom stereocenters. The molecule has 0 bridgehead atoms. The monoisotopic (exact) mass is 385 g/mol. The molecule has 149 valence electrons. The van der Waals surface area contributed by atoms with Crippen LogP contribution >= 0.6 is 0 Å². The molecule has 2 atom stereocenters. The van der Waals surface area contributed by atoms with Gasteiger partial charge in [-0.05, 0) is 71.1 Å². The van der Waals surface area contributed by atoms with Gasteiger partial charge in [-0.2, -0.15) is 0 Å². The fraction of sp³-hybridized carbons (Fsp3) is 0.708. The Morgan fingerprint density at radius 1 is 1.07 bits per heavy atom. The molecule has 1 aliphatic carbocycles. The highest BCUT2D eigenvalue weighted by molar-refractivity contribution is 5.98. The van der Waals surface area contributed by atoms with Gasteiger partial charge in [0.15, 0.2) is 0 Å². The summed E-state index contributed by atoms with van der Waals surface area (Å²) in [6.07, 6.45) is 4.28. The number of hydrogen-bond acceptors (Lipinski definition) is 2. The zero-order valence-electron chi connectivity index (χ0n) is 18.7. The van der Waals surface area contributed by atoms with Gasteiger partial charge in [-0.25, -0.2) is 0 Å². The predicted molar refractivity (Wildman–Crippen MR) is 115 cm³/mol.